The second-order valence-electron chi connectivity index (χ2n) is 10.2. The molecule has 36 heavy (non-hydrogen) atoms. The van der Waals surface area contributed by atoms with E-state index in [4.69, 9.17) is 0 Å². The van der Waals surface area contributed by atoms with Gasteiger partial charge in [-0.15, -0.1) is 0 Å². The van der Waals surface area contributed by atoms with E-state index in [1.54, 1.807) is 19.1 Å². The third kappa shape index (κ3) is 5.18. The lowest BCUT2D eigenvalue weighted by atomic mass is 9.99. The van der Waals surface area contributed by atoms with Gasteiger partial charge in [-0.05, 0) is 75.0 Å². The molecule has 0 bridgehead atoms. The van der Waals surface area contributed by atoms with Crippen LogP contribution in [0.2, 0.25) is 0 Å². The van der Waals surface area contributed by atoms with Crippen molar-refractivity contribution in [1.82, 2.24) is 19.8 Å². The smallest absolute Gasteiger partial charge is 0.254 e. The van der Waals surface area contributed by atoms with Gasteiger partial charge in [-0.3, -0.25) is 14.7 Å². The van der Waals surface area contributed by atoms with Crippen molar-refractivity contribution in [3.8, 4) is 0 Å². The summed E-state index contributed by atoms with van der Waals surface area (Å²) in [5.41, 5.74) is 2.53. The zero-order valence-corrected chi connectivity index (χ0v) is 21.7. The molecular formula is C27H33FN4O3S. The first kappa shape index (κ1) is 24.9. The predicted molar refractivity (Wildman–Crippen MR) is 137 cm³/mol. The Kier molecular flexibility index (Phi) is 6.87. The molecule has 0 unspecified atom stereocenters. The summed E-state index contributed by atoms with van der Waals surface area (Å²) in [4.78, 5) is 19.6. The zero-order valence-electron chi connectivity index (χ0n) is 20.8. The molecule has 2 fully saturated rings. The number of piperidine rings is 1. The maximum Gasteiger partial charge on any atom is 0.254 e. The van der Waals surface area contributed by atoms with Crippen molar-refractivity contribution < 1.29 is 17.6 Å². The van der Waals surface area contributed by atoms with Crippen molar-refractivity contribution in [2.24, 2.45) is 5.92 Å². The van der Waals surface area contributed by atoms with Gasteiger partial charge in [-0.1, -0.05) is 13.8 Å². The lowest BCUT2D eigenvalue weighted by molar-refractivity contribution is 0.0946. The number of hydrogen-bond donors (Lipinski definition) is 1. The molecule has 2 aliphatic rings. The van der Waals surface area contributed by atoms with Crippen LogP contribution in [0.3, 0.4) is 0 Å². The molecule has 1 N–H and O–H groups in total. The number of halogens is 1. The standard InChI is InChI=1S/C27H33FN4O3S/c1-3-36(34,35)23-7-4-20(29-16-23)15-30-27(33)24-13-19-12-22(17-31-10-8-18(2)9-11-31)32(21-5-6-21)26(19)14-25(24)28/h4,7,12-14,16,18,21H,3,5-6,8-11,15,17H2,1-2H3,(H,30,33). The normalized spacial score (nSPS) is 17.5. The molecule has 1 aliphatic heterocycles. The summed E-state index contributed by atoms with van der Waals surface area (Å²) in [5.74, 6) is -0.306. The minimum atomic E-state index is -3.34. The summed E-state index contributed by atoms with van der Waals surface area (Å²) in [6.07, 6.45) is 5.90. The Balaban J connectivity index is 1.33. The van der Waals surface area contributed by atoms with E-state index in [0.717, 1.165) is 49.3 Å². The number of carbonyl (C=O) groups excluding carboxylic acids is 1. The third-order valence-electron chi connectivity index (χ3n) is 7.39. The highest BCUT2D eigenvalue weighted by Gasteiger charge is 2.29. The van der Waals surface area contributed by atoms with Crippen LogP contribution >= 0.6 is 0 Å². The molecule has 7 nitrogen and oxygen atoms in total. The minimum absolute atomic E-state index is 0.000949. The molecule has 0 atom stereocenters. The van der Waals surface area contributed by atoms with Crippen molar-refractivity contribution in [2.75, 3.05) is 18.8 Å². The number of nitrogens with zero attached hydrogens (tertiary/aromatic N) is 3. The number of benzene rings is 1. The number of aromatic nitrogens is 2. The summed E-state index contributed by atoms with van der Waals surface area (Å²) in [7, 11) is -3.34. The molecule has 0 radical (unpaired) electrons. The minimum Gasteiger partial charge on any atom is -0.346 e. The van der Waals surface area contributed by atoms with Gasteiger partial charge in [0.05, 0.1) is 34.0 Å². The SMILES string of the molecule is CCS(=O)(=O)c1ccc(CNC(=O)c2cc3cc(CN4CCC(C)CC4)n(C4CC4)c3cc2F)nc1. The molecular weight excluding hydrogens is 479 g/mol. The second kappa shape index (κ2) is 9.94. The Morgan fingerprint density at radius 2 is 1.89 bits per heavy atom. The van der Waals surface area contributed by atoms with Crippen LogP contribution in [0.1, 0.15) is 67.3 Å². The highest BCUT2D eigenvalue weighted by molar-refractivity contribution is 7.91. The Labute approximate surface area is 211 Å². The molecule has 3 heterocycles. The monoisotopic (exact) mass is 512 g/mol. The zero-order chi connectivity index (χ0) is 25.4. The van der Waals surface area contributed by atoms with Gasteiger partial charge in [-0.25, -0.2) is 12.8 Å². The van der Waals surface area contributed by atoms with Gasteiger partial charge in [0, 0.05) is 29.9 Å². The summed E-state index contributed by atoms with van der Waals surface area (Å²) < 4.78 is 41.3. The fraction of sp³-hybridized carbons (Fsp3) is 0.481. The number of carbonyl (C=O) groups is 1. The van der Waals surface area contributed by atoms with E-state index in [1.807, 2.05) is 0 Å². The van der Waals surface area contributed by atoms with E-state index in [9.17, 15) is 13.2 Å². The number of hydrogen-bond acceptors (Lipinski definition) is 5. The van der Waals surface area contributed by atoms with E-state index >= 15 is 4.39 Å². The summed E-state index contributed by atoms with van der Waals surface area (Å²) in [6.45, 7) is 6.95. The van der Waals surface area contributed by atoms with Crippen LogP contribution in [0, 0.1) is 11.7 Å². The Hall–Kier alpha value is -2.78. The maximum atomic E-state index is 15.1. The van der Waals surface area contributed by atoms with Crippen molar-refractivity contribution >= 4 is 26.6 Å². The average Bonchev–Trinajstić information content (AvgIpc) is 3.65. The average molecular weight is 513 g/mol. The molecule has 9 heteroatoms. The number of rotatable bonds is 8. The first-order valence-electron chi connectivity index (χ1n) is 12.8. The number of sulfone groups is 1. The highest BCUT2D eigenvalue weighted by atomic mass is 32.2. The molecule has 5 rings (SSSR count). The Morgan fingerprint density at radius 1 is 1.14 bits per heavy atom. The van der Waals surface area contributed by atoms with Gasteiger partial charge in [-0.2, -0.15) is 0 Å². The molecule has 1 saturated heterocycles. The van der Waals surface area contributed by atoms with Crippen molar-refractivity contribution in [3.63, 3.8) is 0 Å². The summed E-state index contributed by atoms with van der Waals surface area (Å²) >= 11 is 0. The largest absolute Gasteiger partial charge is 0.346 e. The van der Waals surface area contributed by atoms with Crippen molar-refractivity contribution in [3.05, 3.63) is 59.3 Å². The lowest BCUT2D eigenvalue weighted by Crippen LogP contribution is -2.33. The van der Waals surface area contributed by atoms with E-state index in [2.05, 4.69) is 32.8 Å². The summed E-state index contributed by atoms with van der Waals surface area (Å²) in [5, 5.41) is 3.59. The first-order chi connectivity index (χ1) is 17.2. The van der Waals surface area contributed by atoms with Crippen molar-refractivity contribution in [1.29, 1.82) is 0 Å². The fourth-order valence-corrected chi connectivity index (χ4v) is 5.77. The van der Waals surface area contributed by atoms with E-state index < -0.39 is 21.6 Å². The van der Waals surface area contributed by atoms with E-state index in [-0.39, 0.29) is 22.8 Å². The van der Waals surface area contributed by atoms with E-state index in [1.165, 1.54) is 36.9 Å². The summed E-state index contributed by atoms with van der Waals surface area (Å²) in [6, 6.07) is 8.69. The van der Waals surface area contributed by atoms with Gasteiger partial charge in [0.2, 0.25) is 0 Å². The number of pyridine rings is 1. The number of fused-ring (bicyclic) bond motifs is 1. The third-order valence-corrected chi connectivity index (χ3v) is 9.11. The van der Waals surface area contributed by atoms with Crippen LogP contribution in [0.5, 0.6) is 0 Å². The maximum absolute atomic E-state index is 15.1. The fourth-order valence-electron chi connectivity index (χ4n) is 4.95. The Morgan fingerprint density at radius 3 is 2.53 bits per heavy atom. The second-order valence-corrected chi connectivity index (χ2v) is 12.4. The van der Waals surface area contributed by atoms with Crippen LogP contribution in [0.25, 0.3) is 10.9 Å². The molecule has 192 valence electrons. The number of nitrogens with one attached hydrogen (secondary N) is 1. The van der Waals surface area contributed by atoms with Gasteiger partial charge < -0.3 is 9.88 Å². The van der Waals surface area contributed by atoms with Crippen LogP contribution in [-0.2, 0) is 22.9 Å². The molecule has 3 aromatic rings. The van der Waals surface area contributed by atoms with Crippen LogP contribution in [0.15, 0.2) is 41.4 Å². The predicted octanol–water partition coefficient (Wildman–Crippen LogP) is 4.47. The van der Waals surface area contributed by atoms with Gasteiger partial charge in [0.25, 0.3) is 5.91 Å². The quantitative estimate of drug-likeness (QED) is 0.482. The van der Waals surface area contributed by atoms with Crippen molar-refractivity contribution in [2.45, 2.75) is 63.6 Å². The first-order valence-corrected chi connectivity index (χ1v) is 14.4. The molecule has 1 saturated carbocycles. The van der Waals surface area contributed by atoms with Crippen LogP contribution in [0.4, 0.5) is 4.39 Å². The van der Waals surface area contributed by atoms with E-state index in [0.29, 0.717) is 11.7 Å². The number of likely N-dealkylation sites (tertiary alicyclic amines) is 1. The van der Waals surface area contributed by atoms with Crippen LogP contribution in [-0.4, -0.2) is 47.6 Å². The number of amides is 1. The Bertz CT molecular complexity index is 1370. The van der Waals surface area contributed by atoms with Crippen LogP contribution < -0.4 is 5.32 Å². The highest BCUT2D eigenvalue weighted by Crippen LogP contribution is 2.40. The molecule has 2 aromatic heterocycles. The van der Waals surface area contributed by atoms with Gasteiger partial charge in [0.15, 0.2) is 9.84 Å². The van der Waals surface area contributed by atoms with Gasteiger partial charge in [0.1, 0.15) is 5.82 Å². The lowest BCUT2D eigenvalue weighted by Gasteiger charge is -2.30. The molecule has 1 amide bonds. The van der Waals surface area contributed by atoms with Gasteiger partial charge >= 0.3 is 0 Å². The molecule has 1 aliphatic carbocycles. The molecule has 1 aromatic carbocycles. The molecule has 0 spiro atoms. The topological polar surface area (TPSA) is 84.3 Å².